The minimum atomic E-state index is -0.158. The minimum absolute atomic E-state index is 0.158. The van der Waals surface area contributed by atoms with Gasteiger partial charge >= 0.3 is 0 Å². The van der Waals surface area contributed by atoms with E-state index >= 15 is 0 Å². The third-order valence-corrected chi connectivity index (χ3v) is 4.16. The Morgan fingerprint density at radius 1 is 1.35 bits per heavy atom. The third kappa shape index (κ3) is 2.72. The van der Waals surface area contributed by atoms with Crippen molar-refractivity contribution in [3.05, 3.63) is 23.0 Å². The van der Waals surface area contributed by atoms with Gasteiger partial charge in [0.1, 0.15) is 0 Å². The summed E-state index contributed by atoms with van der Waals surface area (Å²) in [6, 6.07) is 2.51. The molecule has 0 spiro atoms. The van der Waals surface area contributed by atoms with Crippen molar-refractivity contribution in [3.8, 4) is 0 Å². The third-order valence-electron chi connectivity index (χ3n) is 4.16. The molecule has 0 amide bonds. The molecule has 1 heterocycles. The molecule has 1 aromatic rings. The molecule has 0 aromatic carbocycles. The first kappa shape index (κ1) is 12.7. The SMILES string of the molecule is Cc1cc(CNC2CCCCC2O)c(C)n1C. The van der Waals surface area contributed by atoms with Gasteiger partial charge in [0, 0.05) is 31.0 Å². The number of rotatable bonds is 3. The molecule has 3 heteroatoms. The quantitative estimate of drug-likeness (QED) is 0.842. The summed E-state index contributed by atoms with van der Waals surface area (Å²) in [4.78, 5) is 0. The fraction of sp³-hybridized carbons (Fsp3) is 0.714. The molecule has 3 nitrogen and oxygen atoms in total. The molecule has 17 heavy (non-hydrogen) atoms. The molecule has 0 aliphatic heterocycles. The molecule has 2 rings (SSSR count). The lowest BCUT2D eigenvalue weighted by Crippen LogP contribution is -2.41. The van der Waals surface area contributed by atoms with Gasteiger partial charge < -0.3 is 15.0 Å². The summed E-state index contributed by atoms with van der Waals surface area (Å²) in [6.45, 7) is 5.16. The Bertz CT molecular complexity index is 384. The normalized spacial score (nSPS) is 25.2. The lowest BCUT2D eigenvalue weighted by molar-refractivity contribution is 0.0902. The first-order valence-electron chi connectivity index (χ1n) is 6.63. The summed E-state index contributed by atoms with van der Waals surface area (Å²) in [5, 5.41) is 13.4. The fourth-order valence-electron chi connectivity index (χ4n) is 2.70. The van der Waals surface area contributed by atoms with E-state index in [1.807, 2.05) is 0 Å². The largest absolute Gasteiger partial charge is 0.392 e. The average Bonchev–Trinajstić information content (AvgIpc) is 2.56. The maximum Gasteiger partial charge on any atom is 0.0693 e. The van der Waals surface area contributed by atoms with Gasteiger partial charge in [0.05, 0.1) is 6.10 Å². The van der Waals surface area contributed by atoms with E-state index in [0.29, 0.717) is 0 Å². The average molecular weight is 236 g/mol. The highest BCUT2D eigenvalue weighted by molar-refractivity contribution is 5.26. The van der Waals surface area contributed by atoms with Crippen molar-refractivity contribution in [1.82, 2.24) is 9.88 Å². The Balaban J connectivity index is 1.95. The molecule has 96 valence electrons. The molecule has 1 aromatic heterocycles. The topological polar surface area (TPSA) is 37.2 Å². The molecule has 2 atom stereocenters. The van der Waals surface area contributed by atoms with Crippen LogP contribution in [0.3, 0.4) is 0 Å². The predicted molar refractivity (Wildman–Crippen MR) is 70.0 cm³/mol. The molecule has 2 N–H and O–H groups in total. The molecule has 1 saturated carbocycles. The van der Waals surface area contributed by atoms with Crippen LogP contribution in [-0.4, -0.2) is 21.8 Å². The van der Waals surface area contributed by atoms with E-state index in [1.165, 1.54) is 29.8 Å². The van der Waals surface area contributed by atoms with Gasteiger partial charge in [-0.25, -0.2) is 0 Å². The van der Waals surface area contributed by atoms with Crippen molar-refractivity contribution in [1.29, 1.82) is 0 Å². The summed E-state index contributed by atoms with van der Waals surface area (Å²) in [6.07, 6.45) is 4.30. The van der Waals surface area contributed by atoms with Gasteiger partial charge in [-0.15, -0.1) is 0 Å². The Morgan fingerprint density at radius 3 is 2.65 bits per heavy atom. The van der Waals surface area contributed by atoms with Crippen LogP contribution < -0.4 is 5.32 Å². The molecular weight excluding hydrogens is 212 g/mol. The van der Waals surface area contributed by atoms with Crippen molar-refractivity contribution in [2.75, 3.05) is 0 Å². The van der Waals surface area contributed by atoms with E-state index < -0.39 is 0 Å². The van der Waals surface area contributed by atoms with Crippen LogP contribution in [0.25, 0.3) is 0 Å². The minimum Gasteiger partial charge on any atom is -0.392 e. The molecule has 0 radical (unpaired) electrons. The number of hydrogen-bond acceptors (Lipinski definition) is 2. The standard InChI is InChI=1S/C14H24N2O/c1-10-8-12(11(2)16(10)3)9-15-13-6-4-5-7-14(13)17/h8,13-15,17H,4-7,9H2,1-3H3. The maximum absolute atomic E-state index is 9.91. The van der Waals surface area contributed by atoms with Crippen LogP contribution in [0.15, 0.2) is 6.07 Å². The van der Waals surface area contributed by atoms with Gasteiger partial charge in [-0.1, -0.05) is 12.8 Å². The second kappa shape index (κ2) is 5.23. The monoisotopic (exact) mass is 236 g/mol. The van der Waals surface area contributed by atoms with E-state index in [-0.39, 0.29) is 12.1 Å². The van der Waals surface area contributed by atoms with Gasteiger partial charge in [0.2, 0.25) is 0 Å². The number of aryl methyl sites for hydroxylation is 1. The zero-order valence-electron chi connectivity index (χ0n) is 11.2. The Kier molecular flexibility index (Phi) is 3.89. The van der Waals surface area contributed by atoms with Gasteiger partial charge in [-0.2, -0.15) is 0 Å². The van der Waals surface area contributed by atoms with Gasteiger partial charge in [0.25, 0.3) is 0 Å². The first-order chi connectivity index (χ1) is 8.09. The molecule has 1 aliphatic carbocycles. The van der Waals surface area contributed by atoms with E-state index in [0.717, 1.165) is 19.4 Å². The number of hydrogen-bond donors (Lipinski definition) is 2. The smallest absolute Gasteiger partial charge is 0.0693 e. The Labute approximate surface area is 104 Å². The molecule has 0 bridgehead atoms. The van der Waals surface area contributed by atoms with Gasteiger partial charge in [0.15, 0.2) is 0 Å². The molecule has 1 aliphatic rings. The highest BCUT2D eigenvalue weighted by atomic mass is 16.3. The summed E-state index contributed by atoms with van der Waals surface area (Å²) in [7, 11) is 2.10. The Morgan fingerprint density at radius 2 is 2.06 bits per heavy atom. The van der Waals surface area contributed by atoms with Crippen molar-refractivity contribution in [3.63, 3.8) is 0 Å². The van der Waals surface area contributed by atoms with Crippen LogP contribution in [0.1, 0.15) is 42.6 Å². The van der Waals surface area contributed by atoms with E-state index in [1.54, 1.807) is 0 Å². The van der Waals surface area contributed by atoms with E-state index in [4.69, 9.17) is 0 Å². The highest BCUT2D eigenvalue weighted by Crippen LogP contribution is 2.19. The number of nitrogens with one attached hydrogen (secondary N) is 1. The first-order valence-corrected chi connectivity index (χ1v) is 6.63. The van der Waals surface area contributed by atoms with Crippen molar-refractivity contribution in [2.45, 2.75) is 58.2 Å². The fourth-order valence-corrected chi connectivity index (χ4v) is 2.70. The van der Waals surface area contributed by atoms with Crippen LogP contribution in [0.5, 0.6) is 0 Å². The molecule has 2 unspecified atom stereocenters. The zero-order chi connectivity index (χ0) is 12.4. The van der Waals surface area contributed by atoms with Crippen LogP contribution in [0.4, 0.5) is 0 Å². The zero-order valence-corrected chi connectivity index (χ0v) is 11.2. The Hall–Kier alpha value is -0.800. The number of aliphatic hydroxyl groups is 1. The van der Waals surface area contributed by atoms with Crippen molar-refractivity contribution in [2.24, 2.45) is 7.05 Å². The number of aliphatic hydroxyl groups excluding tert-OH is 1. The van der Waals surface area contributed by atoms with Gasteiger partial charge in [-0.05, 0) is 38.3 Å². The highest BCUT2D eigenvalue weighted by Gasteiger charge is 2.22. The molecule has 0 saturated heterocycles. The van der Waals surface area contributed by atoms with Gasteiger partial charge in [-0.3, -0.25) is 0 Å². The van der Waals surface area contributed by atoms with Crippen molar-refractivity contribution >= 4 is 0 Å². The number of nitrogens with zero attached hydrogens (tertiary/aromatic N) is 1. The maximum atomic E-state index is 9.91. The lowest BCUT2D eigenvalue weighted by Gasteiger charge is -2.28. The molecule has 1 fully saturated rings. The molecular formula is C14H24N2O. The number of aromatic nitrogens is 1. The second-order valence-electron chi connectivity index (χ2n) is 5.29. The van der Waals surface area contributed by atoms with Crippen molar-refractivity contribution < 1.29 is 5.11 Å². The summed E-state index contributed by atoms with van der Waals surface area (Å²) >= 11 is 0. The predicted octanol–water partition coefficient (Wildman–Crippen LogP) is 2.04. The van der Waals surface area contributed by atoms with E-state index in [2.05, 4.69) is 36.8 Å². The van der Waals surface area contributed by atoms with E-state index in [9.17, 15) is 5.11 Å². The second-order valence-corrected chi connectivity index (χ2v) is 5.29. The van der Waals surface area contributed by atoms with Crippen LogP contribution in [-0.2, 0) is 13.6 Å². The van der Waals surface area contributed by atoms with Crippen LogP contribution in [0, 0.1) is 13.8 Å². The van der Waals surface area contributed by atoms with Crippen LogP contribution in [0.2, 0.25) is 0 Å². The summed E-state index contributed by atoms with van der Waals surface area (Å²) in [5.74, 6) is 0. The summed E-state index contributed by atoms with van der Waals surface area (Å²) < 4.78 is 2.22. The summed E-state index contributed by atoms with van der Waals surface area (Å²) in [5.41, 5.74) is 3.96. The lowest BCUT2D eigenvalue weighted by atomic mass is 9.92. The van der Waals surface area contributed by atoms with Crippen LogP contribution >= 0.6 is 0 Å².